The number of methoxy groups -OCH3 is 2. The van der Waals surface area contributed by atoms with Gasteiger partial charge in [0.15, 0.2) is 0 Å². The summed E-state index contributed by atoms with van der Waals surface area (Å²) in [5.74, 6) is 0.211. The first-order valence-electron chi connectivity index (χ1n) is 9.36. The lowest BCUT2D eigenvalue weighted by Gasteiger charge is -2.17. The number of aryl methyl sites for hydroxylation is 1. The number of amides is 2. The molecule has 6 nitrogen and oxygen atoms in total. The minimum Gasteiger partial charge on any atom is -0.497 e. The zero-order valence-electron chi connectivity index (χ0n) is 17.1. The molecule has 3 aromatic rings. The fourth-order valence-corrected chi connectivity index (χ4v) is 4.23. The van der Waals surface area contributed by atoms with Gasteiger partial charge in [-0.1, -0.05) is 23.7 Å². The van der Waals surface area contributed by atoms with Gasteiger partial charge in [0.05, 0.1) is 31.2 Å². The fraction of sp³-hybridized carbons (Fsp3) is 0.130. The number of halogens is 1. The van der Waals surface area contributed by atoms with E-state index in [1.807, 2.05) is 24.4 Å². The third-order valence-electron chi connectivity index (χ3n) is 4.93. The Morgan fingerprint density at radius 3 is 2.45 bits per heavy atom. The second kappa shape index (κ2) is 8.45. The summed E-state index contributed by atoms with van der Waals surface area (Å²) in [5, 5.41) is 5.46. The van der Waals surface area contributed by atoms with Gasteiger partial charge in [0.2, 0.25) is 0 Å². The Morgan fingerprint density at radius 1 is 1.00 bits per heavy atom. The van der Waals surface area contributed by atoms with Gasteiger partial charge < -0.3 is 14.8 Å². The molecule has 0 bridgehead atoms. The number of thiophene rings is 1. The van der Waals surface area contributed by atoms with Gasteiger partial charge in [-0.15, -0.1) is 11.3 Å². The second-order valence-electron chi connectivity index (χ2n) is 6.80. The van der Waals surface area contributed by atoms with E-state index in [-0.39, 0.29) is 5.70 Å². The Hall–Kier alpha value is -3.29. The number of carbonyl (C=O) groups is 2. The van der Waals surface area contributed by atoms with Gasteiger partial charge in [0.1, 0.15) is 17.2 Å². The highest BCUT2D eigenvalue weighted by atomic mass is 35.5. The number of hydrogen-bond donors (Lipinski definition) is 1. The van der Waals surface area contributed by atoms with Crippen LogP contribution in [0.4, 0.5) is 11.4 Å². The predicted molar refractivity (Wildman–Crippen MR) is 123 cm³/mol. The van der Waals surface area contributed by atoms with E-state index in [0.717, 1.165) is 10.5 Å². The molecule has 158 valence electrons. The molecular weight excluding hydrogens is 436 g/mol. The molecule has 1 N–H and O–H groups in total. The van der Waals surface area contributed by atoms with Gasteiger partial charge in [-0.25, -0.2) is 4.90 Å². The average molecular weight is 455 g/mol. The Balaban J connectivity index is 1.80. The molecule has 0 aliphatic carbocycles. The van der Waals surface area contributed by atoms with Crippen LogP contribution < -0.4 is 19.7 Å². The maximum atomic E-state index is 13.4. The molecule has 2 heterocycles. The third-order valence-corrected chi connectivity index (χ3v) is 6.23. The van der Waals surface area contributed by atoms with Crippen LogP contribution in [0.5, 0.6) is 11.5 Å². The minimum atomic E-state index is -0.466. The Morgan fingerprint density at radius 2 is 1.81 bits per heavy atom. The number of carbonyl (C=O) groups excluding carboxylic acids is 2. The standard InChI is InChI=1S/C23H19ClN2O4S/c1-13-6-7-14(11-16(13)24)26-22(27)20(19-5-4-10-31-19)21(23(26)28)25-17-9-8-15(29-2)12-18(17)30-3/h4-12,25H,1-3H3. The van der Waals surface area contributed by atoms with Crippen molar-refractivity contribution in [2.45, 2.75) is 6.92 Å². The Bertz CT molecular complexity index is 1200. The van der Waals surface area contributed by atoms with Crippen LogP contribution in [-0.4, -0.2) is 26.0 Å². The lowest BCUT2D eigenvalue weighted by molar-refractivity contribution is -0.120. The number of nitrogens with zero attached hydrogens (tertiary/aromatic N) is 1. The molecule has 8 heteroatoms. The first-order chi connectivity index (χ1) is 14.9. The van der Waals surface area contributed by atoms with Gasteiger partial charge in [0, 0.05) is 16.0 Å². The monoisotopic (exact) mass is 454 g/mol. The lowest BCUT2D eigenvalue weighted by Crippen LogP contribution is -2.32. The van der Waals surface area contributed by atoms with E-state index < -0.39 is 11.8 Å². The summed E-state index contributed by atoms with van der Waals surface area (Å²) >= 11 is 7.64. The zero-order valence-corrected chi connectivity index (χ0v) is 18.6. The van der Waals surface area contributed by atoms with Crippen molar-refractivity contribution in [2.75, 3.05) is 24.4 Å². The Kier molecular flexibility index (Phi) is 5.71. The molecule has 0 radical (unpaired) electrons. The smallest absolute Gasteiger partial charge is 0.282 e. The topological polar surface area (TPSA) is 67.9 Å². The van der Waals surface area contributed by atoms with Gasteiger partial charge in [0.25, 0.3) is 11.8 Å². The van der Waals surface area contributed by atoms with Crippen molar-refractivity contribution in [3.63, 3.8) is 0 Å². The van der Waals surface area contributed by atoms with E-state index in [4.69, 9.17) is 21.1 Å². The molecule has 2 amide bonds. The van der Waals surface area contributed by atoms with Crippen LogP contribution in [0.2, 0.25) is 5.02 Å². The summed E-state index contributed by atoms with van der Waals surface area (Å²) in [6.07, 6.45) is 0. The predicted octanol–water partition coefficient (Wildman–Crippen LogP) is 5.12. The quantitative estimate of drug-likeness (QED) is 0.523. The molecule has 1 aliphatic heterocycles. The van der Waals surface area contributed by atoms with E-state index >= 15 is 0 Å². The van der Waals surface area contributed by atoms with Crippen LogP contribution in [0.15, 0.2) is 59.6 Å². The molecule has 0 atom stereocenters. The van der Waals surface area contributed by atoms with E-state index in [1.165, 1.54) is 18.4 Å². The number of anilines is 2. The van der Waals surface area contributed by atoms with Crippen molar-refractivity contribution in [1.29, 1.82) is 0 Å². The minimum absolute atomic E-state index is 0.174. The van der Waals surface area contributed by atoms with Crippen molar-refractivity contribution in [3.8, 4) is 11.5 Å². The largest absolute Gasteiger partial charge is 0.497 e. The van der Waals surface area contributed by atoms with Crippen molar-refractivity contribution < 1.29 is 19.1 Å². The normalized spacial score (nSPS) is 13.7. The van der Waals surface area contributed by atoms with Crippen LogP contribution in [0, 0.1) is 6.92 Å². The van der Waals surface area contributed by atoms with Crippen LogP contribution in [0.1, 0.15) is 10.4 Å². The number of imide groups is 1. The summed E-state index contributed by atoms with van der Waals surface area (Å²) in [7, 11) is 3.08. The number of ether oxygens (including phenoxy) is 2. The number of nitrogens with one attached hydrogen (secondary N) is 1. The molecule has 1 aliphatic rings. The fourth-order valence-electron chi connectivity index (χ4n) is 3.29. The van der Waals surface area contributed by atoms with Crippen molar-refractivity contribution in [1.82, 2.24) is 0 Å². The summed E-state index contributed by atoms with van der Waals surface area (Å²) in [5.41, 5.74) is 2.29. The van der Waals surface area contributed by atoms with Gasteiger partial charge >= 0.3 is 0 Å². The van der Waals surface area contributed by atoms with Crippen LogP contribution in [-0.2, 0) is 9.59 Å². The number of hydrogen-bond acceptors (Lipinski definition) is 6. The highest BCUT2D eigenvalue weighted by molar-refractivity contribution is 7.11. The zero-order chi connectivity index (χ0) is 22.1. The highest BCUT2D eigenvalue weighted by Gasteiger charge is 2.41. The first kappa shape index (κ1) is 21.0. The molecule has 4 rings (SSSR count). The van der Waals surface area contributed by atoms with Gasteiger partial charge in [-0.05, 0) is 48.2 Å². The van der Waals surface area contributed by atoms with E-state index in [0.29, 0.717) is 38.3 Å². The van der Waals surface area contributed by atoms with E-state index in [2.05, 4.69) is 5.32 Å². The molecular formula is C23H19ClN2O4S. The van der Waals surface area contributed by atoms with Crippen LogP contribution in [0.25, 0.3) is 5.57 Å². The SMILES string of the molecule is COc1ccc(NC2=C(c3cccs3)C(=O)N(c3ccc(C)c(Cl)c3)C2=O)c(OC)c1. The first-order valence-corrected chi connectivity index (χ1v) is 10.6. The van der Waals surface area contributed by atoms with E-state index in [1.54, 1.807) is 43.5 Å². The molecule has 0 saturated heterocycles. The van der Waals surface area contributed by atoms with Crippen molar-refractivity contribution in [3.05, 3.63) is 75.1 Å². The van der Waals surface area contributed by atoms with Crippen LogP contribution in [0.3, 0.4) is 0 Å². The molecule has 0 saturated carbocycles. The maximum absolute atomic E-state index is 13.4. The van der Waals surface area contributed by atoms with E-state index in [9.17, 15) is 9.59 Å². The molecule has 2 aromatic carbocycles. The Labute approximate surface area is 188 Å². The lowest BCUT2D eigenvalue weighted by atomic mass is 10.1. The molecule has 1 aromatic heterocycles. The summed E-state index contributed by atoms with van der Waals surface area (Å²) < 4.78 is 10.7. The second-order valence-corrected chi connectivity index (χ2v) is 8.15. The molecule has 0 unspecified atom stereocenters. The molecule has 0 fully saturated rings. The van der Waals surface area contributed by atoms with Gasteiger partial charge in [-0.3, -0.25) is 9.59 Å². The third kappa shape index (κ3) is 3.78. The van der Waals surface area contributed by atoms with Crippen molar-refractivity contribution in [2.24, 2.45) is 0 Å². The van der Waals surface area contributed by atoms with Crippen molar-refractivity contribution >= 4 is 51.7 Å². The molecule has 0 spiro atoms. The summed E-state index contributed by atoms with van der Waals surface area (Å²) in [4.78, 5) is 28.6. The summed E-state index contributed by atoms with van der Waals surface area (Å²) in [6.45, 7) is 1.86. The maximum Gasteiger partial charge on any atom is 0.282 e. The van der Waals surface area contributed by atoms with Crippen LogP contribution >= 0.6 is 22.9 Å². The number of rotatable bonds is 6. The number of benzene rings is 2. The average Bonchev–Trinajstić information content (AvgIpc) is 3.37. The summed E-state index contributed by atoms with van der Waals surface area (Å²) in [6, 6.07) is 13.9. The highest BCUT2D eigenvalue weighted by Crippen LogP contribution is 2.38. The molecule has 31 heavy (non-hydrogen) atoms. The van der Waals surface area contributed by atoms with Gasteiger partial charge in [-0.2, -0.15) is 0 Å².